The first-order valence-corrected chi connectivity index (χ1v) is 12.6. The van der Waals surface area contributed by atoms with Crippen molar-refractivity contribution >= 4 is 63.7 Å². The maximum Gasteiger partial charge on any atom is 0.0573 e. The van der Waals surface area contributed by atoms with Crippen molar-refractivity contribution < 1.29 is 0 Å². The van der Waals surface area contributed by atoms with Crippen molar-refractivity contribution in [1.29, 1.82) is 0 Å². The van der Waals surface area contributed by atoms with Crippen molar-refractivity contribution in [3.05, 3.63) is 106 Å². The molecule has 0 heterocycles. The second-order valence-corrected chi connectivity index (χ2v) is 10.6. The lowest BCUT2D eigenvalue weighted by molar-refractivity contribution is 0.870. The van der Waals surface area contributed by atoms with E-state index in [-0.39, 0.29) is 19.3 Å². The lowest BCUT2D eigenvalue weighted by Crippen LogP contribution is -2.09. The molecule has 0 saturated heterocycles. The molecule has 0 saturated carbocycles. The molecule has 3 aromatic carbocycles. The van der Waals surface area contributed by atoms with E-state index in [0.717, 1.165) is 11.1 Å². The van der Waals surface area contributed by atoms with E-state index in [0.29, 0.717) is 0 Å². The SMILES string of the molecule is BrC1c2ccccc2C#Cc2ccccc2C(Br)C(Br)c2ccccc2C1Br. The molecule has 0 nitrogen and oxygen atoms in total. The third-order valence-electron chi connectivity index (χ3n) is 4.95. The number of fused-ring (bicyclic) bond motifs is 3. The molecule has 3 aromatic rings. The fourth-order valence-electron chi connectivity index (χ4n) is 3.48. The van der Waals surface area contributed by atoms with E-state index in [1.165, 1.54) is 22.3 Å². The maximum absolute atomic E-state index is 3.96. The second kappa shape index (κ2) is 8.88. The standard InChI is InChI=1S/C24H16Br4/c25-21-17-9-3-1-7-15(17)13-14-16-8-2-4-10-18(16)22(26)24(28)20-12-6-5-11-19(20)23(21)27/h1-12,21-24H. The highest BCUT2D eigenvalue weighted by Crippen LogP contribution is 2.50. The summed E-state index contributed by atoms with van der Waals surface area (Å²) in [7, 11) is 0. The highest BCUT2D eigenvalue weighted by Gasteiger charge is 2.29. The molecule has 4 unspecified atom stereocenters. The van der Waals surface area contributed by atoms with Crippen LogP contribution in [0.15, 0.2) is 72.8 Å². The van der Waals surface area contributed by atoms with E-state index in [2.05, 4.69) is 136 Å². The van der Waals surface area contributed by atoms with Gasteiger partial charge in [0.2, 0.25) is 0 Å². The highest BCUT2D eigenvalue weighted by atomic mass is 79.9. The predicted molar refractivity (Wildman–Crippen MR) is 132 cm³/mol. The zero-order valence-corrected chi connectivity index (χ0v) is 21.1. The zero-order chi connectivity index (χ0) is 19.7. The van der Waals surface area contributed by atoms with Gasteiger partial charge in [0.25, 0.3) is 0 Å². The molecule has 0 aromatic heterocycles. The smallest absolute Gasteiger partial charge is 0.0573 e. The summed E-state index contributed by atoms with van der Waals surface area (Å²) in [5.41, 5.74) is 6.98. The Kier molecular flexibility index (Phi) is 6.47. The minimum absolute atomic E-state index is 0.0993. The quantitative estimate of drug-likeness (QED) is 0.174. The summed E-state index contributed by atoms with van der Waals surface area (Å²) in [6.45, 7) is 0. The van der Waals surface area contributed by atoms with Gasteiger partial charge in [-0.3, -0.25) is 0 Å². The molecule has 1 aliphatic carbocycles. The molecule has 0 bridgehead atoms. The van der Waals surface area contributed by atoms with Crippen LogP contribution in [0.25, 0.3) is 0 Å². The van der Waals surface area contributed by atoms with E-state index in [1.807, 2.05) is 12.1 Å². The van der Waals surface area contributed by atoms with Crippen LogP contribution in [0.1, 0.15) is 52.7 Å². The summed E-state index contributed by atoms with van der Waals surface area (Å²) in [6, 6.07) is 25.3. The van der Waals surface area contributed by atoms with Crippen molar-refractivity contribution in [2.75, 3.05) is 0 Å². The number of rotatable bonds is 0. The third kappa shape index (κ3) is 3.92. The van der Waals surface area contributed by atoms with Crippen LogP contribution in [0.3, 0.4) is 0 Å². The van der Waals surface area contributed by atoms with Gasteiger partial charge in [-0.2, -0.15) is 0 Å². The van der Waals surface area contributed by atoms with Crippen LogP contribution in [0.4, 0.5) is 0 Å². The van der Waals surface area contributed by atoms with Gasteiger partial charge in [-0.05, 0) is 34.4 Å². The zero-order valence-electron chi connectivity index (χ0n) is 14.7. The molecular formula is C24H16Br4. The molecule has 0 N–H and O–H groups in total. The first kappa shape index (κ1) is 20.4. The van der Waals surface area contributed by atoms with E-state index in [4.69, 9.17) is 0 Å². The topological polar surface area (TPSA) is 0 Å². The average Bonchev–Trinajstić information content (AvgIpc) is 2.75. The van der Waals surface area contributed by atoms with Crippen molar-refractivity contribution in [3.63, 3.8) is 0 Å². The summed E-state index contributed by atoms with van der Waals surface area (Å²) in [5, 5.41) is 0. The van der Waals surface area contributed by atoms with Crippen LogP contribution in [0.2, 0.25) is 0 Å². The fraction of sp³-hybridized carbons (Fsp3) is 0.167. The van der Waals surface area contributed by atoms with Crippen molar-refractivity contribution in [2.24, 2.45) is 0 Å². The monoisotopic (exact) mass is 620 g/mol. The summed E-state index contributed by atoms with van der Waals surface area (Å²) >= 11 is 15.8. The summed E-state index contributed by atoms with van der Waals surface area (Å²) in [4.78, 5) is 0.423. The lowest BCUT2D eigenvalue weighted by Gasteiger charge is -2.26. The number of halogens is 4. The molecule has 0 spiro atoms. The molecule has 4 atom stereocenters. The van der Waals surface area contributed by atoms with Gasteiger partial charge in [0.05, 0.1) is 19.3 Å². The molecule has 140 valence electrons. The number of benzene rings is 3. The maximum atomic E-state index is 3.96. The summed E-state index contributed by atoms with van der Waals surface area (Å²) in [6.07, 6.45) is 0. The summed E-state index contributed by atoms with van der Waals surface area (Å²) in [5.74, 6) is 6.82. The molecule has 0 radical (unpaired) electrons. The van der Waals surface area contributed by atoms with Gasteiger partial charge in [-0.15, -0.1) is 0 Å². The Balaban J connectivity index is 1.99. The van der Waals surface area contributed by atoms with E-state index < -0.39 is 0 Å². The summed E-state index contributed by atoms with van der Waals surface area (Å²) < 4.78 is 0. The lowest BCUT2D eigenvalue weighted by atomic mass is 9.92. The Morgan fingerprint density at radius 2 is 0.714 bits per heavy atom. The minimum atomic E-state index is 0.0993. The van der Waals surface area contributed by atoms with Crippen LogP contribution in [-0.4, -0.2) is 0 Å². The van der Waals surface area contributed by atoms with Crippen LogP contribution >= 0.6 is 63.7 Å². The van der Waals surface area contributed by atoms with Crippen LogP contribution in [-0.2, 0) is 0 Å². The molecule has 28 heavy (non-hydrogen) atoms. The van der Waals surface area contributed by atoms with Crippen molar-refractivity contribution in [2.45, 2.75) is 19.3 Å². The Labute approximate surface area is 199 Å². The average molecular weight is 624 g/mol. The van der Waals surface area contributed by atoms with E-state index >= 15 is 0 Å². The van der Waals surface area contributed by atoms with Gasteiger partial charge in [0.15, 0.2) is 0 Å². The molecule has 1 aliphatic rings. The third-order valence-corrected chi connectivity index (χ3v) is 10.5. The Morgan fingerprint density at radius 3 is 1.11 bits per heavy atom. The Hall–Kier alpha value is -0.860. The van der Waals surface area contributed by atoms with Crippen LogP contribution in [0.5, 0.6) is 0 Å². The largest absolute Gasteiger partial charge is 0.0823 e. The molecule has 0 aliphatic heterocycles. The first-order chi connectivity index (χ1) is 13.6. The van der Waals surface area contributed by atoms with E-state index in [1.54, 1.807) is 0 Å². The van der Waals surface area contributed by atoms with Gasteiger partial charge in [-0.25, -0.2) is 0 Å². The van der Waals surface area contributed by atoms with Crippen LogP contribution < -0.4 is 0 Å². The normalized spacial score (nSPS) is 23.7. The van der Waals surface area contributed by atoms with Gasteiger partial charge in [0, 0.05) is 11.1 Å². The second-order valence-electron chi connectivity index (χ2n) is 6.66. The number of hydrogen-bond donors (Lipinski definition) is 0. The van der Waals surface area contributed by atoms with Crippen molar-refractivity contribution in [1.82, 2.24) is 0 Å². The van der Waals surface area contributed by atoms with Gasteiger partial charge in [-0.1, -0.05) is 136 Å². The minimum Gasteiger partial charge on any atom is -0.0823 e. The highest BCUT2D eigenvalue weighted by molar-refractivity contribution is 9.12. The molecule has 0 amide bonds. The Morgan fingerprint density at radius 1 is 0.429 bits per heavy atom. The predicted octanol–water partition coefficient (Wildman–Crippen LogP) is 8.54. The van der Waals surface area contributed by atoms with Gasteiger partial charge < -0.3 is 0 Å². The van der Waals surface area contributed by atoms with Crippen molar-refractivity contribution in [3.8, 4) is 11.8 Å². The molecule has 4 rings (SSSR count). The van der Waals surface area contributed by atoms with Gasteiger partial charge in [0.1, 0.15) is 0 Å². The fourth-order valence-corrected chi connectivity index (χ4v) is 6.25. The van der Waals surface area contributed by atoms with E-state index in [9.17, 15) is 0 Å². The first-order valence-electron chi connectivity index (χ1n) is 8.93. The molecule has 0 fully saturated rings. The van der Waals surface area contributed by atoms with Gasteiger partial charge >= 0.3 is 0 Å². The number of alkyl halides is 4. The Bertz CT molecular complexity index is 981. The molecule has 4 heteroatoms. The number of hydrogen-bond acceptors (Lipinski definition) is 0. The van der Waals surface area contributed by atoms with Crippen LogP contribution in [0, 0.1) is 11.8 Å². The molecular weight excluding hydrogens is 608 g/mol.